The molecule has 5 heteroatoms. The summed E-state index contributed by atoms with van der Waals surface area (Å²) in [6.07, 6.45) is 0. The Balaban J connectivity index is 2.27. The molecule has 0 spiro atoms. The summed E-state index contributed by atoms with van der Waals surface area (Å²) in [6, 6.07) is 0. The molecule has 0 atom stereocenters. The number of hydrogen-bond donors (Lipinski definition) is 2. The SMILES string of the molecule is Cc1nc(CNCCN)no1. The molecule has 62 valence electrons. The van der Waals surface area contributed by atoms with Crippen molar-refractivity contribution >= 4 is 0 Å². The van der Waals surface area contributed by atoms with Crippen molar-refractivity contribution in [2.45, 2.75) is 13.5 Å². The summed E-state index contributed by atoms with van der Waals surface area (Å²) < 4.78 is 4.76. The zero-order valence-electron chi connectivity index (χ0n) is 6.50. The summed E-state index contributed by atoms with van der Waals surface area (Å²) in [5.41, 5.74) is 5.27. The van der Waals surface area contributed by atoms with Crippen LogP contribution in [0.1, 0.15) is 11.7 Å². The van der Waals surface area contributed by atoms with E-state index in [0.29, 0.717) is 24.8 Å². The molecule has 0 aromatic carbocycles. The number of nitrogens with one attached hydrogen (secondary N) is 1. The van der Waals surface area contributed by atoms with Crippen LogP contribution in [-0.4, -0.2) is 23.2 Å². The van der Waals surface area contributed by atoms with Crippen LogP contribution in [0.4, 0.5) is 0 Å². The third kappa shape index (κ3) is 2.65. The lowest BCUT2D eigenvalue weighted by molar-refractivity contribution is 0.385. The molecule has 5 nitrogen and oxygen atoms in total. The number of hydrogen-bond acceptors (Lipinski definition) is 5. The van der Waals surface area contributed by atoms with Crippen LogP contribution in [-0.2, 0) is 6.54 Å². The molecule has 0 saturated heterocycles. The van der Waals surface area contributed by atoms with Gasteiger partial charge >= 0.3 is 0 Å². The van der Waals surface area contributed by atoms with Gasteiger partial charge < -0.3 is 15.6 Å². The van der Waals surface area contributed by atoms with Gasteiger partial charge in [-0.2, -0.15) is 4.98 Å². The van der Waals surface area contributed by atoms with Crippen molar-refractivity contribution in [3.05, 3.63) is 11.7 Å². The lowest BCUT2D eigenvalue weighted by Gasteiger charge is -1.95. The largest absolute Gasteiger partial charge is 0.340 e. The summed E-state index contributed by atoms with van der Waals surface area (Å²) in [7, 11) is 0. The fraction of sp³-hybridized carbons (Fsp3) is 0.667. The maximum atomic E-state index is 5.27. The minimum Gasteiger partial charge on any atom is -0.340 e. The first-order valence-electron chi connectivity index (χ1n) is 3.53. The van der Waals surface area contributed by atoms with E-state index in [1.165, 1.54) is 0 Å². The summed E-state index contributed by atoms with van der Waals surface area (Å²) in [6.45, 7) is 3.78. The van der Waals surface area contributed by atoms with E-state index in [1.54, 1.807) is 6.92 Å². The minimum absolute atomic E-state index is 0.592. The zero-order valence-corrected chi connectivity index (χ0v) is 6.50. The first-order chi connectivity index (χ1) is 5.33. The molecule has 0 aliphatic rings. The molecular weight excluding hydrogens is 144 g/mol. The predicted octanol–water partition coefficient (Wildman–Crippen LogP) is -0.574. The van der Waals surface area contributed by atoms with Crippen LogP contribution < -0.4 is 11.1 Å². The fourth-order valence-corrected chi connectivity index (χ4v) is 0.715. The Kier molecular flexibility index (Phi) is 3.00. The van der Waals surface area contributed by atoms with Crippen LogP contribution in [0.2, 0.25) is 0 Å². The Bertz CT molecular complexity index is 210. The van der Waals surface area contributed by atoms with Gasteiger partial charge in [0.1, 0.15) is 0 Å². The average molecular weight is 156 g/mol. The van der Waals surface area contributed by atoms with Crippen LogP contribution in [0, 0.1) is 6.92 Å². The van der Waals surface area contributed by atoms with E-state index in [2.05, 4.69) is 15.5 Å². The Morgan fingerprint density at radius 3 is 3.00 bits per heavy atom. The van der Waals surface area contributed by atoms with E-state index in [9.17, 15) is 0 Å². The first kappa shape index (κ1) is 8.16. The molecule has 0 aliphatic carbocycles. The van der Waals surface area contributed by atoms with E-state index in [0.717, 1.165) is 6.54 Å². The predicted molar refractivity (Wildman–Crippen MR) is 39.8 cm³/mol. The van der Waals surface area contributed by atoms with Gasteiger partial charge in [0.15, 0.2) is 5.82 Å². The smallest absolute Gasteiger partial charge is 0.223 e. The summed E-state index contributed by atoms with van der Waals surface area (Å²) in [5, 5.41) is 6.75. The zero-order chi connectivity index (χ0) is 8.10. The van der Waals surface area contributed by atoms with Crippen molar-refractivity contribution in [1.82, 2.24) is 15.5 Å². The van der Waals surface area contributed by atoms with E-state index >= 15 is 0 Å². The number of rotatable bonds is 4. The molecule has 0 aliphatic heterocycles. The second-order valence-electron chi connectivity index (χ2n) is 2.20. The quantitative estimate of drug-likeness (QED) is 0.571. The summed E-state index contributed by atoms with van der Waals surface area (Å²) >= 11 is 0. The van der Waals surface area contributed by atoms with E-state index in [1.807, 2.05) is 0 Å². The second kappa shape index (κ2) is 4.05. The third-order valence-corrected chi connectivity index (χ3v) is 1.17. The van der Waals surface area contributed by atoms with Gasteiger partial charge in [0, 0.05) is 20.0 Å². The van der Waals surface area contributed by atoms with Crippen LogP contribution in [0.15, 0.2) is 4.52 Å². The van der Waals surface area contributed by atoms with E-state index < -0.39 is 0 Å². The average Bonchev–Trinajstić information content (AvgIpc) is 2.37. The van der Waals surface area contributed by atoms with Crippen LogP contribution in [0.25, 0.3) is 0 Å². The monoisotopic (exact) mass is 156 g/mol. The lowest BCUT2D eigenvalue weighted by atomic mass is 10.5. The molecule has 1 aromatic rings. The van der Waals surface area contributed by atoms with Gasteiger partial charge in [-0.3, -0.25) is 0 Å². The van der Waals surface area contributed by atoms with Gasteiger partial charge in [-0.25, -0.2) is 0 Å². The molecule has 0 saturated carbocycles. The topological polar surface area (TPSA) is 77.0 Å². The Morgan fingerprint density at radius 1 is 1.64 bits per heavy atom. The Hall–Kier alpha value is -0.940. The van der Waals surface area contributed by atoms with E-state index in [4.69, 9.17) is 10.3 Å². The van der Waals surface area contributed by atoms with Gasteiger partial charge in [-0.1, -0.05) is 5.16 Å². The van der Waals surface area contributed by atoms with Crippen molar-refractivity contribution in [1.29, 1.82) is 0 Å². The number of nitrogens with zero attached hydrogens (tertiary/aromatic N) is 2. The summed E-state index contributed by atoms with van der Waals surface area (Å²) in [4.78, 5) is 4.00. The van der Waals surface area contributed by atoms with E-state index in [-0.39, 0.29) is 0 Å². The Morgan fingerprint density at radius 2 is 2.45 bits per heavy atom. The highest BCUT2D eigenvalue weighted by Gasteiger charge is 1.99. The molecule has 0 unspecified atom stereocenters. The number of aromatic nitrogens is 2. The van der Waals surface area contributed by atoms with Crippen molar-refractivity contribution in [2.75, 3.05) is 13.1 Å². The highest BCUT2D eigenvalue weighted by Crippen LogP contribution is 1.92. The molecule has 1 aromatic heterocycles. The highest BCUT2D eigenvalue weighted by molar-refractivity contribution is 4.82. The van der Waals surface area contributed by atoms with Gasteiger partial charge in [-0.15, -0.1) is 0 Å². The molecule has 0 fully saturated rings. The number of nitrogens with two attached hydrogens (primary N) is 1. The Labute approximate surface area is 65.0 Å². The maximum Gasteiger partial charge on any atom is 0.223 e. The fourth-order valence-electron chi connectivity index (χ4n) is 0.715. The van der Waals surface area contributed by atoms with Crippen molar-refractivity contribution < 1.29 is 4.52 Å². The van der Waals surface area contributed by atoms with Gasteiger partial charge in [0.05, 0.1) is 6.54 Å². The van der Waals surface area contributed by atoms with Gasteiger partial charge in [-0.05, 0) is 0 Å². The summed E-state index contributed by atoms with van der Waals surface area (Å²) in [5.74, 6) is 1.27. The van der Waals surface area contributed by atoms with Crippen LogP contribution in [0.5, 0.6) is 0 Å². The molecular formula is C6H12N4O. The first-order valence-corrected chi connectivity index (χ1v) is 3.53. The molecule has 3 N–H and O–H groups in total. The standard InChI is InChI=1S/C6H12N4O/c1-5-9-6(10-11-5)4-8-3-2-7/h8H,2-4,7H2,1H3. The van der Waals surface area contributed by atoms with Crippen LogP contribution >= 0.6 is 0 Å². The van der Waals surface area contributed by atoms with Crippen molar-refractivity contribution in [3.63, 3.8) is 0 Å². The van der Waals surface area contributed by atoms with Gasteiger partial charge in [0.2, 0.25) is 5.89 Å². The minimum atomic E-state index is 0.592. The number of aryl methyl sites for hydroxylation is 1. The molecule has 1 rings (SSSR count). The van der Waals surface area contributed by atoms with Gasteiger partial charge in [0.25, 0.3) is 0 Å². The van der Waals surface area contributed by atoms with Crippen molar-refractivity contribution in [2.24, 2.45) is 5.73 Å². The molecule has 1 heterocycles. The van der Waals surface area contributed by atoms with Crippen LogP contribution in [0.3, 0.4) is 0 Å². The molecule has 0 radical (unpaired) electrons. The maximum absolute atomic E-state index is 5.27. The lowest BCUT2D eigenvalue weighted by Crippen LogP contribution is -2.22. The third-order valence-electron chi connectivity index (χ3n) is 1.17. The highest BCUT2D eigenvalue weighted by atomic mass is 16.5. The van der Waals surface area contributed by atoms with Crippen molar-refractivity contribution in [3.8, 4) is 0 Å². The molecule has 11 heavy (non-hydrogen) atoms. The second-order valence-corrected chi connectivity index (χ2v) is 2.20. The molecule has 0 bridgehead atoms. The normalized spacial score (nSPS) is 10.4. The molecule has 0 amide bonds.